The van der Waals surface area contributed by atoms with Crippen LogP contribution in [-0.2, 0) is 0 Å². The van der Waals surface area contributed by atoms with Crippen LogP contribution in [0.2, 0.25) is 0 Å². The first-order valence-electron chi connectivity index (χ1n) is 4.34. The zero-order chi connectivity index (χ0) is 10.7. The van der Waals surface area contributed by atoms with Crippen molar-refractivity contribution in [1.29, 1.82) is 10.5 Å². The molecule has 3 heteroatoms. The van der Waals surface area contributed by atoms with E-state index in [1.54, 1.807) is 0 Å². The van der Waals surface area contributed by atoms with Gasteiger partial charge in [0.25, 0.3) is 0 Å². The second-order valence-corrected chi connectivity index (χ2v) is 2.92. The summed E-state index contributed by atoms with van der Waals surface area (Å²) in [6.07, 6.45) is 2.66. The van der Waals surface area contributed by atoms with Crippen LogP contribution in [0.5, 0.6) is 0 Å². The van der Waals surface area contributed by atoms with Crippen LogP contribution in [0.4, 0.5) is 0 Å². The Morgan fingerprint density at radius 1 is 0.933 bits per heavy atom. The normalized spacial score (nSPS) is 12.7. The molecule has 0 spiro atoms. The molecule has 0 fully saturated rings. The van der Waals surface area contributed by atoms with Gasteiger partial charge in [0.1, 0.15) is 10.8 Å². The number of fused-ring (bicyclic) bond motifs is 1. The Morgan fingerprint density at radius 2 is 1.40 bits per heavy atom. The lowest BCUT2D eigenvalue weighted by atomic mass is 10.2. The van der Waals surface area contributed by atoms with Gasteiger partial charge in [0.05, 0.1) is 24.3 Å². The summed E-state index contributed by atoms with van der Waals surface area (Å²) in [6.45, 7) is 0. The predicted octanol–water partition coefficient (Wildman–Crippen LogP) is 1.04. The van der Waals surface area contributed by atoms with Gasteiger partial charge in [0, 0.05) is 10.8 Å². The number of nitrogens with zero attached hydrogens (tertiary/aromatic N) is 2. The Kier molecular flexibility index (Phi) is 2.23. The molecule has 0 aliphatic rings. The predicted molar refractivity (Wildman–Crippen MR) is 55.6 cm³/mol. The zero-order valence-corrected chi connectivity index (χ0v) is 7.77. The van der Waals surface area contributed by atoms with E-state index in [9.17, 15) is 0 Å². The van der Waals surface area contributed by atoms with Gasteiger partial charge in [-0.05, 0) is 0 Å². The summed E-state index contributed by atoms with van der Waals surface area (Å²) in [7, 11) is 0. The summed E-state index contributed by atoms with van der Waals surface area (Å²) >= 11 is 0. The van der Waals surface area contributed by atoms with E-state index in [0.29, 0.717) is 10.8 Å². The molecule has 1 aromatic heterocycles. The Labute approximate surface area is 85.8 Å². The van der Waals surface area contributed by atoms with Gasteiger partial charge in [-0.1, -0.05) is 24.3 Å². The van der Waals surface area contributed by atoms with E-state index in [2.05, 4.69) is 0 Å². The van der Waals surface area contributed by atoms with Gasteiger partial charge < -0.3 is 4.42 Å². The van der Waals surface area contributed by atoms with Gasteiger partial charge in [0.15, 0.2) is 0 Å². The van der Waals surface area contributed by atoms with Crippen molar-refractivity contribution in [2.24, 2.45) is 0 Å². The number of benzene rings is 1. The maximum absolute atomic E-state index is 8.58. The Hall–Kier alpha value is -2.52. The van der Waals surface area contributed by atoms with Crippen molar-refractivity contribution in [1.82, 2.24) is 0 Å². The van der Waals surface area contributed by atoms with Crippen LogP contribution in [0.1, 0.15) is 0 Å². The molecule has 3 nitrogen and oxygen atoms in total. The first-order valence-corrected chi connectivity index (χ1v) is 4.34. The average molecular weight is 194 g/mol. The molecular formula is C12H6N2O. The summed E-state index contributed by atoms with van der Waals surface area (Å²) < 4.78 is 5.39. The van der Waals surface area contributed by atoms with Crippen LogP contribution in [0.3, 0.4) is 0 Å². The monoisotopic (exact) mass is 194 g/mol. The molecule has 0 aliphatic heterocycles. The lowest BCUT2D eigenvalue weighted by Gasteiger charge is -1.83. The highest BCUT2D eigenvalue weighted by Crippen LogP contribution is 2.04. The fourth-order valence-electron chi connectivity index (χ4n) is 1.47. The molecule has 1 heterocycles. The van der Waals surface area contributed by atoms with E-state index in [4.69, 9.17) is 14.9 Å². The maximum Gasteiger partial charge on any atom is 0.145 e. The topological polar surface area (TPSA) is 60.7 Å². The molecule has 0 bridgehead atoms. The van der Waals surface area contributed by atoms with Crippen LogP contribution in [0, 0.1) is 22.7 Å². The number of furan rings is 1. The van der Waals surface area contributed by atoms with E-state index in [1.165, 1.54) is 12.2 Å². The second kappa shape index (κ2) is 3.69. The van der Waals surface area contributed by atoms with E-state index >= 15 is 0 Å². The highest BCUT2D eigenvalue weighted by atomic mass is 16.3. The van der Waals surface area contributed by atoms with Crippen molar-refractivity contribution in [3.05, 3.63) is 35.1 Å². The highest BCUT2D eigenvalue weighted by molar-refractivity contribution is 5.84. The third-order valence-corrected chi connectivity index (χ3v) is 2.07. The van der Waals surface area contributed by atoms with Crippen LogP contribution < -0.4 is 10.8 Å². The summed E-state index contributed by atoms with van der Waals surface area (Å²) in [5.74, 6) is 0. The van der Waals surface area contributed by atoms with Crippen molar-refractivity contribution in [2.75, 3.05) is 0 Å². The fourth-order valence-corrected chi connectivity index (χ4v) is 1.47. The van der Waals surface area contributed by atoms with Gasteiger partial charge >= 0.3 is 0 Å². The smallest absolute Gasteiger partial charge is 0.145 e. The Bertz CT molecular complexity index is 636. The minimum atomic E-state index is 0.495. The third-order valence-electron chi connectivity index (χ3n) is 2.07. The number of hydrogen-bond acceptors (Lipinski definition) is 3. The molecule has 0 N–H and O–H groups in total. The van der Waals surface area contributed by atoms with E-state index in [0.717, 1.165) is 10.8 Å². The van der Waals surface area contributed by atoms with E-state index in [-0.39, 0.29) is 0 Å². The standard InChI is InChI=1S/C12H6N2O/c13-7-5-11-9-3-1-2-4-10(9)12(15-11)6-8-14/h1-6H. The average Bonchev–Trinajstić information content (AvgIpc) is 2.59. The summed E-state index contributed by atoms with van der Waals surface area (Å²) in [5.41, 5.74) is 0.990. The summed E-state index contributed by atoms with van der Waals surface area (Å²) in [4.78, 5) is 0. The van der Waals surface area contributed by atoms with Crippen LogP contribution in [-0.4, -0.2) is 0 Å². The van der Waals surface area contributed by atoms with Crippen molar-refractivity contribution < 1.29 is 4.42 Å². The van der Waals surface area contributed by atoms with Crippen LogP contribution in [0.25, 0.3) is 22.9 Å². The van der Waals surface area contributed by atoms with Crippen LogP contribution in [0.15, 0.2) is 28.7 Å². The quantitative estimate of drug-likeness (QED) is 0.629. The number of nitriles is 2. The molecule has 0 aliphatic carbocycles. The molecule has 70 valence electrons. The lowest BCUT2D eigenvalue weighted by Crippen LogP contribution is -1.98. The van der Waals surface area contributed by atoms with E-state index in [1.807, 2.05) is 36.4 Å². The van der Waals surface area contributed by atoms with E-state index < -0.39 is 0 Å². The zero-order valence-electron chi connectivity index (χ0n) is 7.77. The molecule has 2 rings (SSSR count). The van der Waals surface area contributed by atoms with Gasteiger partial charge in [-0.15, -0.1) is 0 Å². The summed E-state index contributed by atoms with van der Waals surface area (Å²) in [5, 5.41) is 18.9. The largest absolute Gasteiger partial charge is 0.455 e. The molecule has 15 heavy (non-hydrogen) atoms. The van der Waals surface area contributed by atoms with Crippen LogP contribution >= 0.6 is 0 Å². The minimum absolute atomic E-state index is 0.495. The highest BCUT2D eigenvalue weighted by Gasteiger charge is 2.00. The van der Waals surface area contributed by atoms with Crippen molar-refractivity contribution in [2.45, 2.75) is 0 Å². The van der Waals surface area contributed by atoms with Gasteiger partial charge in [-0.25, -0.2) is 0 Å². The molecule has 0 saturated carbocycles. The molecule has 2 aromatic rings. The molecule has 1 aromatic carbocycles. The van der Waals surface area contributed by atoms with Gasteiger partial charge in [-0.2, -0.15) is 10.5 Å². The molecule has 0 atom stereocenters. The van der Waals surface area contributed by atoms with Gasteiger partial charge in [-0.3, -0.25) is 0 Å². The molecule has 0 radical (unpaired) electrons. The van der Waals surface area contributed by atoms with Crippen molar-refractivity contribution in [3.8, 4) is 12.1 Å². The van der Waals surface area contributed by atoms with Crippen molar-refractivity contribution >= 4 is 22.9 Å². The first kappa shape index (κ1) is 9.05. The van der Waals surface area contributed by atoms with Crippen molar-refractivity contribution in [3.63, 3.8) is 0 Å². The molecule has 0 unspecified atom stereocenters. The Morgan fingerprint density at radius 3 is 1.80 bits per heavy atom. The summed E-state index contributed by atoms with van der Waals surface area (Å²) in [6, 6.07) is 11.3. The number of rotatable bonds is 0. The fraction of sp³-hybridized carbons (Fsp3) is 0. The molecule has 0 saturated heterocycles. The molecular weight excluding hydrogens is 188 g/mol. The Balaban J connectivity index is 3.02. The minimum Gasteiger partial charge on any atom is -0.455 e. The second-order valence-electron chi connectivity index (χ2n) is 2.92. The third kappa shape index (κ3) is 1.47. The first-order chi connectivity index (χ1) is 7.36. The molecule has 0 amide bonds. The lowest BCUT2D eigenvalue weighted by molar-refractivity contribution is 0.509. The maximum atomic E-state index is 8.58. The number of hydrogen-bond donors (Lipinski definition) is 0. The van der Waals surface area contributed by atoms with Gasteiger partial charge in [0.2, 0.25) is 0 Å². The SMILES string of the molecule is N#CC=c1oc(=CC#N)c2ccccc12.